The zero-order chi connectivity index (χ0) is 31.4. The van der Waals surface area contributed by atoms with Gasteiger partial charge in [0.05, 0.1) is 4.90 Å². The third-order valence-electron chi connectivity index (χ3n) is 13.3. The molecule has 8 rings (SSSR count). The molecule has 0 aromatic heterocycles. The molecule has 9 atom stereocenters. The minimum atomic E-state index is -4.48. The first kappa shape index (κ1) is 30.4. The van der Waals surface area contributed by atoms with Gasteiger partial charge in [0, 0.05) is 0 Å². The van der Waals surface area contributed by atoms with Crippen LogP contribution in [0, 0.1) is 42.4 Å². The molecule has 0 spiro atoms. The van der Waals surface area contributed by atoms with E-state index < -0.39 is 20.2 Å². The minimum absolute atomic E-state index is 0.140. The van der Waals surface area contributed by atoms with E-state index in [0.717, 1.165) is 29.9 Å². The molecule has 45 heavy (non-hydrogen) atoms. The largest absolute Gasteiger partial charge is 0.379 e. The summed E-state index contributed by atoms with van der Waals surface area (Å²) in [7, 11) is -8.74. The Balaban J connectivity index is 1.29. The molecule has 2 aromatic carbocycles. The lowest BCUT2D eigenvalue weighted by atomic mass is 9.75. The van der Waals surface area contributed by atoms with Gasteiger partial charge in [0.1, 0.15) is 10.6 Å². The Kier molecular flexibility index (Phi) is 7.31. The quantitative estimate of drug-likeness (QED) is 0.226. The molecule has 1 N–H and O–H groups in total. The van der Waals surface area contributed by atoms with Crippen molar-refractivity contribution in [3.05, 3.63) is 52.1 Å². The molecule has 6 nitrogen and oxygen atoms in total. The van der Waals surface area contributed by atoms with Crippen molar-refractivity contribution in [2.24, 2.45) is 35.5 Å². The fourth-order valence-electron chi connectivity index (χ4n) is 11.3. The Morgan fingerprint density at radius 3 is 1.58 bits per heavy atom. The summed E-state index contributed by atoms with van der Waals surface area (Å²) in [5, 5.41) is 0. The van der Waals surface area contributed by atoms with E-state index in [2.05, 4.69) is 12.1 Å². The molecule has 9 unspecified atom stereocenters. The maximum absolute atomic E-state index is 14.9. The van der Waals surface area contributed by atoms with Crippen LogP contribution in [0.25, 0.3) is 0 Å². The molecule has 6 fully saturated rings. The lowest BCUT2D eigenvalue weighted by molar-refractivity contribution is 0.392. The molecule has 0 aliphatic heterocycles. The lowest BCUT2D eigenvalue weighted by Crippen LogP contribution is -2.23. The van der Waals surface area contributed by atoms with E-state index in [-0.39, 0.29) is 28.4 Å². The minimum Gasteiger partial charge on any atom is -0.379 e. The van der Waals surface area contributed by atoms with Crippen LogP contribution in [0.15, 0.2) is 34.1 Å². The summed E-state index contributed by atoms with van der Waals surface area (Å²) in [5.74, 6) is 4.81. The Bertz CT molecular complexity index is 1690. The van der Waals surface area contributed by atoms with Gasteiger partial charge in [-0.15, -0.1) is 0 Å². The van der Waals surface area contributed by atoms with Crippen LogP contribution in [0.5, 0.6) is 5.75 Å². The van der Waals surface area contributed by atoms with Gasteiger partial charge in [-0.2, -0.15) is 16.8 Å². The van der Waals surface area contributed by atoms with Crippen LogP contribution in [0.4, 0.5) is 0 Å². The van der Waals surface area contributed by atoms with E-state index >= 15 is 0 Å². The Hall–Kier alpha value is -1.90. The van der Waals surface area contributed by atoms with Gasteiger partial charge in [-0.25, -0.2) is 0 Å². The van der Waals surface area contributed by atoms with Gasteiger partial charge in [0.15, 0.2) is 0 Å². The van der Waals surface area contributed by atoms with Crippen molar-refractivity contribution in [2.45, 2.75) is 131 Å². The standard InChI is InChI=1S/C37H48O6S2/c1-20(2)29-19-35(21(3)10-36(29)44(38,39)40)43-45(41,42)37-33(31-15-23-5-8-26(31)12-23)17-28(30-14-22-4-7-25(30)11-22)18-34(37)32-16-24-6-9-27(32)13-24/h10,17-20,22-27,30-32H,4-9,11-16H2,1-3H3,(H,38,39,40). The summed E-state index contributed by atoms with van der Waals surface area (Å²) in [5.41, 5.74) is 4.12. The van der Waals surface area contributed by atoms with E-state index in [1.807, 2.05) is 13.8 Å². The number of fused-ring (bicyclic) bond motifs is 6. The highest BCUT2D eigenvalue weighted by Crippen LogP contribution is 2.60. The lowest BCUT2D eigenvalue weighted by Gasteiger charge is -2.32. The van der Waals surface area contributed by atoms with Crippen molar-refractivity contribution in [1.29, 1.82) is 0 Å². The second-order valence-corrected chi connectivity index (χ2v) is 19.1. The van der Waals surface area contributed by atoms with Gasteiger partial charge >= 0.3 is 10.1 Å². The zero-order valence-electron chi connectivity index (χ0n) is 26.9. The molecule has 6 saturated carbocycles. The molecule has 0 radical (unpaired) electrons. The maximum atomic E-state index is 14.9. The summed E-state index contributed by atoms with van der Waals surface area (Å²) in [6.45, 7) is 5.30. The predicted octanol–water partition coefficient (Wildman–Crippen LogP) is 8.84. The third kappa shape index (κ3) is 5.20. The average Bonchev–Trinajstić information content (AvgIpc) is 3.85. The Morgan fingerprint density at radius 2 is 1.18 bits per heavy atom. The molecular weight excluding hydrogens is 605 g/mol. The fraction of sp³-hybridized carbons (Fsp3) is 0.676. The summed E-state index contributed by atoms with van der Waals surface area (Å²) >= 11 is 0. The SMILES string of the molecule is Cc1cc(S(=O)(=O)O)c(C(C)C)cc1OS(=O)(=O)c1c(C2CC3CCC2C3)cc(C2CC3CCC2C3)cc1C1CC2CCC1C2. The first-order valence-electron chi connectivity index (χ1n) is 17.6. The van der Waals surface area contributed by atoms with Crippen molar-refractivity contribution < 1.29 is 25.6 Å². The van der Waals surface area contributed by atoms with E-state index in [4.69, 9.17) is 4.18 Å². The molecule has 6 bridgehead atoms. The smallest absolute Gasteiger partial charge is 0.339 e. The highest BCUT2D eigenvalue weighted by molar-refractivity contribution is 7.87. The van der Waals surface area contributed by atoms with Gasteiger partial charge in [-0.05, 0) is 164 Å². The van der Waals surface area contributed by atoms with E-state index in [0.29, 0.717) is 51.5 Å². The Labute approximate surface area is 269 Å². The third-order valence-corrected chi connectivity index (χ3v) is 15.5. The molecule has 6 aliphatic rings. The highest BCUT2D eigenvalue weighted by atomic mass is 32.2. The van der Waals surface area contributed by atoms with Crippen molar-refractivity contribution in [3.63, 3.8) is 0 Å². The van der Waals surface area contributed by atoms with Gasteiger partial charge in [-0.3, -0.25) is 4.55 Å². The summed E-state index contributed by atoms with van der Waals surface area (Å²) < 4.78 is 70.2. The second-order valence-electron chi connectivity index (χ2n) is 16.2. The van der Waals surface area contributed by atoms with Crippen molar-refractivity contribution in [2.75, 3.05) is 0 Å². The van der Waals surface area contributed by atoms with Crippen molar-refractivity contribution in [1.82, 2.24) is 0 Å². The number of aryl methyl sites for hydroxylation is 1. The highest BCUT2D eigenvalue weighted by Gasteiger charge is 2.48. The molecule has 0 amide bonds. The molecule has 0 heterocycles. The van der Waals surface area contributed by atoms with E-state index in [1.54, 1.807) is 6.92 Å². The van der Waals surface area contributed by atoms with Gasteiger partial charge in [-0.1, -0.05) is 45.2 Å². The number of hydrogen-bond acceptors (Lipinski definition) is 5. The fourth-order valence-corrected chi connectivity index (χ4v) is 13.7. The summed E-state index contributed by atoms with van der Waals surface area (Å²) in [6.07, 6.45) is 14.5. The Morgan fingerprint density at radius 1 is 0.689 bits per heavy atom. The summed E-state index contributed by atoms with van der Waals surface area (Å²) in [4.78, 5) is 0.231. The number of rotatable bonds is 8. The molecular formula is C37H48O6S2. The van der Waals surface area contributed by atoms with Crippen LogP contribution < -0.4 is 4.18 Å². The predicted molar refractivity (Wildman–Crippen MR) is 174 cm³/mol. The van der Waals surface area contributed by atoms with Crippen LogP contribution in [-0.4, -0.2) is 21.4 Å². The topological polar surface area (TPSA) is 97.7 Å². The maximum Gasteiger partial charge on any atom is 0.339 e. The van der Waals surface area contributed by atoms with Crippen molar-refractivity contribution in [3.8, 4) is 5.75 Å². The van der Waals surface area contributed by atoms with Crippen molar-refractivity contribution >= 4 is 20.2 Å². The van der Waals surface area contributed by atoms with Crippen LogP contribution >= 0.6 is 0 Å². The zero-order valence-corrected chi connectivity index (χ0v) is 28.5. The normalized spacial score (nSPS) is 35.3. The van der Waals surface area contributed by atoms with E-state index in [9.17, 15) is 21.4 Å². The monoisotopic (exact) mass is 652 g/mol. The first-order valence-corrected chi connectivity index (χ1v) is 20.4. The van der Waals surface area contributed by atoms with Crippen LogP contribution in [0.2, 0.25) is 0 Å². The second kappa shape index (κ2) is 10.8. The van der Waals surface area contributed by atoms with Crippen LogP contribution in [0.1, 0.15) is 142 Å². The molecule has 244 valence electrons. The van der Waals surface area contributed by atoms with Gasteiger partial charge in [0.25, 0.3) is 10.1 Å². The van der Waals surface area contributed by atoms with E-state index in [1.165, 1.54) is 81.9 Å². The summed E-state index contributed by atoms with van der Waals surface area (Å²) in [6, 6.07) is 7.50. The number of benzene rings is 2. The molecule has 8 heteroatoms. The van der Waals surface area contributed by atoms with Gasteiger partial charge in [0.2, 0.25) is 0 Å². The molecule has 2 aromatic rings. The van der Waals surface area contributed by atoms with Crippen LogP contribution in [-0.2, 0) is 20.2 Å². The molecule has 6 aliphatic carbocycles. The average molecular weight is 653 g/mol. The number of hydrogen-bond donors (Lipinski definition) is 1. The molecule has 0 saturated heterocycles. The van der Waals surface area contributed by atoms with Crippen LogP contribution in [0.3, 0.4) is 0 Å². The first-order chi connectivity index (χ1) is 21.4. The van der Waals surface area contributed by atoms with Gasteiger partial charge < -0.3 is 4.18 Å².